The van der Waals surface area contributed by atoms with Gasteiger partial charge in [0.05, 0.1) is 11.8 Å². The number of unbranched alkanes of at least 4 members (excludes halogenated alkanes) is 3. The van der Waals surface area contributed by atoms with Gasteiger partial charge in [-0.1, -0.05) is 76.8 Å². The van der Waals surface area contributed by atoms with Gasteiger partial charge in [0, 0.05) is 0 Å². The Morgan fingerprint density at radius 2 is 1.65 bits per heavy atom. The van der Waals surface area contributed by atoms with Crippen molar-refractivity contribution in [2.24, 2.45) is 11.8 Å². The van der Waals surface area contributed by atoms with Crippen LogP contribution in [0.5, 0.6) is 0 Å². The van der Waals surface area contributed by atoms with E-state index in [0.717, 1.165) is 31.2 Å². The predicted molar refractivity (Wildman–Crippen MR) is 136 cm³/mol. The van der Waals surface area contributed by atoms with Gasteiger partial charge < -0.3 is 24.3 Å². The van der Waals surface area contributed by atoms with Crippen molar-refractivity contribution >= 4 is 24.0 Å². The third-order valence-electron chi connectivity index (χ3n) is 6.61. The van der Waals surface area contributed by atoms with Gasteiger partial charge in [0.1, 0.15) is 18.8 Å². The molecule has 0 aliphatic carbocycles. The van der Waals surface area contributed by atoms with Gasteiger partial charge in [-0.25, -0.2) is 9.59 Å². The van der Waals surface area contributed by atoms with Crippen molar-refractivity contribution in [3.63, 3.8) is 0 Å². The van der Waals surface area contributed by atoms with E-state index in [0.29, 0.717) is 12.8 Å². The zero-order chi connectivity index (χ0) is 27.4. The standard InChI is InChI=1S/C28H41NO8/c1-6-8-9-13-16-22-24(37-25(30)18(3)7-2)20(5)36-27(32)23(19(4)35-26(22)31)29-28(33)34-17-21-14-11-10-12-15-21/h10-12,14-15,18-20,22-24H,6-9,13,16-17H2,1-5H3,(H,29,33)/t18-,19+,20-,22+,23-,24-/m0/s1. The van der Waals surface area contributed by atoms with Crippen LogP contribution in [-0.2, 0) is 39.9 Å². The molecular weight excluding hydrogens is 478 g/mol. The fraction of sp³-hybridized carbons (Fsp3) is 0.643. The number of ether oxygens (including phenoxy) is 4. The molecule has 1 aliphatic heterocycles. The number of amides is 1. The molecule has 0 saturated carbocycles. The number of carbonyl (C=O) groups excluding carboxylic acids is 4. The van der Waals surface area contributed by atoms with Gasteiger partial charge >= 0.3 is 24.0 Å². The summed E-state index contributed by atoms with van der Waals surface area (Å²) in [4.78, 5) is 51.5. The van der Waals surface area contributed by atoms with E-state index in [9.17, 15) is 19.2 Å². The Bertz CT molecular complexity index is 889. The second-order valence-electron chi connectivity index (χ2n) is 9.63. The molecule has 1 aromatic carbocycles. The number of hydrogen-bond acceptors (Lipinski definition) is 8. The molecule has 1 fully saturated rings. The average molecular weight is 520 g/mol. The van der Waals surface area contributed by atoms with Crippen LogP contribution in [-0.4, -0.2) is 48.4 Å². The number of esters is 3. The van der Waals surface area contributed by atoms with Crippen LogP contribution in [0.2, 0.25) is 0 Å². The highest BCUT2D eigenvalue weighted by Crippen LogP contribution is 2.27. The maximum atomic E-state index is 13.3. The molecule has 0 spiro atoms. The van der Waals surface area contributed by atoms with Crippen molar-refractivity contribution in [3.8, 4) is 0 Å². The van der Waals surface area contributed by atoms with Crippen LogP contribution in [0.25, 0.3) is 0 Å². The van der Waals surface area contributed by atoms with Crippen LogP contribution >= 0.6 is 0 Å². The third-order valence-corrected chi connectivity index (χ3v) is 6.61. The van der Waals surface area contributed by atoms with E-state index in [-0.39, 0.29) is 12.5 Å². The van der Waals surface area contributed by atoms with Crippen molar-refractivity contribution in [2.75, 3.05) is 0 Å². The summed E-state index contributed by atoms with van der Waals surface area (Å²) in [5, 5.41) is 2.46. The molecular formula is C28H41NO8. The lowest BCUT2D eigenvalue weighted by Crippen LogP contribution is -2.50. The van der Waals surface area contributed by atoms with Crippen molar-refractivity contribution in [2.45, 2.75) is 104 Å². The average Bonchev–Trinajstić information content (AvgIpc) is 2.91. The molecule has 1 saturated heterocycles. The Hall–Kier alpha value is -3.10. The third kappa shape index (κ3) is 9.37. The van der Waals surface area contributed by atoms with Crippen LogP contribution in [0.4, 0.5) is 4.79 Å². The Balaban J connectivity index is 2.20. The lowest BCUT2D eigenvalue weighted by atomic mass is 9.91. The fourth-order valence-electron chi connectivity index (χ4n) is 4.05. The number of carbonyl (C=O) groups is 4. The molecule has 9 heteroatoms. The zero-order valence-corrected chi connectivity index (χ0v) is 22.6. The quantitative estimate of drug-likeness (QED) is 0.254. The van der Waals surface area contributed by atoms with Gasteiger partial charge in [0.2, 0.25) is 0 Å². The molecule has 1 heterocycles. The largest absolute Gasteiger partial charge is 0.460 e. The number of cyclic esters (lactones) is 2. The molecule has 0 unspecified atom stereocenters. The Kier molecular flexibility index (Phi) is 12.4. The maximum Gasteiger partial charge on any atom is 0.408 e. The molecule has 37 heavy (non-hydrogen) atoms. The van der Waals surface area contributed by atoms with Gasteiger partial charge in [0.15, 0.2) is 12.1 Å². The van der Waals surface area contributed by atoms with E-state index in [2.05, 4.69) is 12.2 Å². The first-order valence-corrected chi connectivity index (χ1v) is 13.3. The van der Waals surface area contributed by atoms with Crippen LogP contribution in [0.15, 0.2) is 30.3 Å². The van der Waals surface area contributed by atoms with E-state index >= 15 is 0 Å². The fourth-order valence-corrected chi connectivity index (χ4v) is 4.05. The summed E-state index contributed by atoms with van der Waals surface area (Å²) in [6.45, 7) is 8.79. The Labute approximate surface area is 219 Å². The summed E-state index contributed by atoms with van der Waals surface area (Å²) in [5.74, 6) is -3.05. The second kappa shape index (κ2) is 15.2. The molecule has 1 aliphatic rings. The van der Waals surface area contributed by atoms with Crippen LogP contribution in [0.3, 0.4) is 0 Å². The zero-order valence-electron chi connectivity index (χ0n) is 22.6. The first kappa shape index (κ1) is 30.1. The molecule has 0 radical (unpaired) electrons. The highest BCUT2D eigenvalue weighted by atomic mass is 16.6. The summed E-state index contributed by atoms with van der Waals surface area (Å²) in [7, 11) is 0. The lowest BCUT2D eigenvalue weighted by molar-refractivity contribution is -0.177. The van der Waals surface area contributed by atoms with Crippen molar-refractivity contribution in [3.05, 3.63) is 35.9 Å². The number of hydrogen-bond donors (Lipinski definition) is 1. The van der Waals surface area contributed by atoms with Crippen molar-refractivity contribution < 1.29 is 38.1 Å². The van der Waals surface area contributed by atoms with E-state index in [4.69, 9.17) is 18.9 Å². The molecule has 9 nitrogen and oxygen atoms in total. The Morgan fingerprint density at radius 1 is 0.973 bits per heavy atom. The molecule has 0 bridgehead atoms. The topological polar surface area (TPSA) is 117 Å². The smallest absolute Gasteiger partial charge is 0.408 e. The van der Waals surface area contributed by atoms with Crippen LogP contribution in [0.1, 0.15) is 78.7 Å². The molecule has 206 valence electrons. The Morgan fingerprint density at radius 3 is 2.30 bits per heavy atom. The summed E-state index contributed by atoms with van der Waals surface area (Å²) in [6, 6.07) is 7.79. The molecule has 1 amide bonds. The first-order valence-electron chi connectivity index (χ1n) is 13.3. The molecule has 1 aromatic rings. The van der Waals surface area contributed by atoms with Gasteiger partial charge in [-0.3, -0.25) is 9.59 Å². The summed E-state index contributed by atoms with van der Waals surface area (Å²) < 4.78 is 22.2. The summed E-state index contributed by atoms with van der Waals surface area (Å²) in [6.07, 6.45) is 0.853. The normalized spacial score (nSPS) is 24.9. The first-order chi connectivity index (χ1) is 17.7. The van der Waals surface area contributed by atoms with Gasteiger partial charge in [-0.15, -0.1) is 0 Å². The number of benzene rings is 1. The minimum absolute atomic E-state index is 0.00643. The number of alkyl carbamates (subject to hydrolysis) is 1. The van der Waals surface area contributed by atoms with Gasteiger partial charge in [-0.05, 0) is 32.3 Å². The van der Waals surface area contributed by atoms with E-state index < -0.39 is 54.3 Å². The maximum absolute atomic E-state index is 13.3. The van der Waals surface area contributed by atoms with E-state index in [1.807, 2.05) is 25.1 Å². The summed E-state index contributed by atoms with van der Waals surface area (Å²) in [5.41, 5.74) is 0.777. The van der Waals surface area contributed by atoms with Crippen molar-refractivity contribution in [1.29, 1.82) is 0 Å². The van der Waals surface area contributed by atoms with Crippen molar-refractivity contribution in [1.82, 2.24) is 5.32 Å². The molecule has 1 N–H and O–H groups in total. The predicted octanol–water partition coefficient (Wildman–Crippen LogP) is 4.70. The lowest BCUT2D eigenvalue weighted by Gasteiger charge is -2.30. The summed E-state index contributed by atoms with van der Waals surface area (Å²) >= 11 is 0. The minimum atomic E-state index is -1.29. The van der Waals surface area contributed by atoms with Gasteiger partial charge in [0.25, 0.3) is 0 Å². The van der Waals surface area contributed by atoms with E-state index in [1.165, 1.54) is 6.92 Å². The van der Waals surface area contributed by atoms with Crippen LogP contribution in [0, 0.1) is 11.8 Å². The minimum Gasteiger partial charge on any atom is -0.460 e. The van der Waals surface area contributed by atoms with Gasteiger partial charge in [-0.2, -0.15) is 0 Å². The molecule has 0 aromatic heterocycles. The highest BCUT2D eigenvalue weighted by molar-refractivity contribution is 5.83. The highest BCUT2D eigenvalue weighted by Gasteiger charge is 2.44. The van der Waals surface area contributed by atoms with E-state index in [1.54, 1.807) is 26.0 Å². The molecule has 6 atom stereocenters. The second-order valence-corrected chi connectivity index (χ2v) is 9.63. The number of nitrogens with one attached hydrogen (secondary N) is 1. The van der Waals surface area contributed by atoms with Crippen LogP contribution < -0.4 is 5.32 Å². The molecule has 2 rings (SSSR count). The number of rotatable bonds is 11. The monoisotopic (exact) mass is 519 g/mol. The SMILES string of the molecule is CCCCCC[C@H]1C(=O)O[C@H](C)[C@H](NC(=O)OCc2ccccc2)C(=O)O[C@@H](C)[C@@H]1OC(=O)[C@@H](C)CC.